The highest BCUT2D eigenvalue weighted by atomic mass is 19.1. The van der Waals surface area contributed by atoms with Gasteiger partial charge < -0.3 is 15.4 Å². The molecule has 2 aliphatic rings. The predicted octanol–water partition coefficient (Wildman–Crippen LogP) is 1.19. The molecule has 0 bridgehead atoms. The zero-order valence-electron chi connectivity index (χ0n) is 16.2. The standard InChI is InChI=1S/C19H20F2N6O2/c1-10-14(21)15(29-3)24-18(23-10)27-8-12-16(28)26(2)17(22)25-19(12,9-27)11-6-4-5-7-13(11)20/h4-7,12H,8-9H2,1-3H3,(H2,22,25). The minimum Gasteiger partial charge on any atom is -0.479 e. The molecular weight excluding hydrogens is 382 g/mol. The molecule has 1 aromatic heterocycles. The Balaban J connectivity index is 1.86. The van der Waals surface area contributed by atoms with Gasteiger partial charge in [-0.2, -0.15) is 9.37 Å². The van der Waals surface area contributed by atoms with Gasteiger partial charge in [0.05, 0.1) is 25.3 Å². The van der Waals surface area contributed by atoms with E-state index in [0.717, 1.165) is 0 Å². The minimum atomic E-state index is -1.24. The zero-order chi connectivity index (χ0) is 20.9. The van der Waals surface area contributed by atoms with E-state index in [0.29, 0.717) is 0 Å². The first-order valence-corrected chi connectivity index (χ1v) is 8.99. The third-order valence-corrected chi connectivity index (χ3v) is 5.49. The number of hydrogen-bond acceptors (Lipinski definition) is 7. The Morgan fingerprint density at radius 1 is 1.28 bits per heavy atom. The van der Waals surface area contributed by atoms with Crippen LogP contribution in [0, 0.1) is 24.5 Å². The molecule has 8 nitrogen and oxygen atoms in total. The van der Waals surface area contributed by atoms with Crippen LogP contribution in [0.4, 0.5) is 14.7 Å². The summed E-state index contributed by atoms with van der Waals surface area (Å²) < 4.78 is 33.9. The lowest BCUT2D eigenvalue weighted by atomic mass is 9.79. The number of nitrogens with zero attached hydrogens (tertiary/aromatic N) is 5. The number of nitrogens with two attached hydrogens (primary N) is 1. The van der Waals surface area contributed by atoms with Crippen molar-refractivity contribution in [1.82, 2.24) is 14.9 Å². The molecule has 29 heavy (non-hydrogen) atoms. The second-order valence-electron chi connectivity index (χ2n) is 7.14. The predicted molar refractivity (Wildman–Crippen MR) is 101 cm³/mol. The molecule has 2 N–H and O–H groups in total. The van der Waals surface area contributed by atoms with Crippen molar-refractivity contribution in [2.24, 2.45) is 16.6 Å². The largest absolute Gasteiger partial charge is 0.479 e. The summed E-state index contributed by atoms with van der Waals surface area (Å²) in [5.74, 6) is -2.16. The summed E-state index contributed by atoms with van der Waals surface area (Å²) in [5.41, 5.74) is 5.12. The average Bonchev–Trinajstić information content (AvgIpc) is 3.09. The van der Waals surface area contributed by atoms with Crippen molar-refractivity contribution >= 4 is 17.8 Å². The fourth-order valence-corrected chi connectivity index (χ4v) is 3.95. The Bertz CT molecular complexity index is 1030. The highest BCUT2D eigenvalue weighted by Gasteiger charge is 2.57. The van der Waals surface area contributed by atoms with Crippen molar-refractivity contribution in [2.75, 3.05) is 32.1 Å². The number of amides is 1. The van der Waals surface area contributed by atoms with E-state index in [9.17, 15) is 13.6 Å². The molecule has 0 radical (unpaired) electrons. The van der Waals surface area contributed by atoms with E-state index in [1.807, 2.05) is 0 Å². The number of anilines is 1. The number of carbonyl (C=O) groups is 1. The molecule has 2 unspecified atom stereocenters. The number of methoxy groups -OCH3 is 1. The summed E-state index contributed by atoms with van der Waals surface area (Å²) in [6.07, 6.45) is 0. The summed E-state index contributed by atoms with van der Waals surface area (Å²) in [4.78, 5) is 28.8. The van der Waals surface area contributed by atoms with Gasteiger partial charge in [0.15, 0.2) is 5.96 Å². The average molecular weight is 402 g/mol. The van der Waals surface area contributed by atoms with Gasteiger partial charge in [0.2, 0.25) is 17.7 Å². The third-order valence-electron chi connectivity index (χ3n) is 5.49. The summed E-state index contributed by atoms with van der Waals surface area (Å²) in [6.45, 7) is 1.77. The van der Waals surface area contributed by atoms with Gasteiger partial charge in [0.25, 0.3) is 5.88 Å². The van der Waals surface area contributed by atoms with Crippen LogP contribution in [0.2, 0.25) is 0 Å². The van der Waals surface area contributed by atoms with Gasteiger partial charge in [-0.05, 0) is 13.0 Å². The van der Waals surface area contributed by atoms with E-state index >= 15 is 0 Å². The SMILES string of the molecule is COc1nc(N2CC3C(=O)N(C)C(N)=NC3(c3ccccc3F)C2)nc(C)c1F. The number of aromatic nitrogens is 2. The van der Waals surface area contributed by atoms with Crippen LogP contribution in [0.15, 0.2) is 29.3 Å². The van der Waals surface area contributed by atoms with Gasteiger partial charge in [-0.25, -0.2) is 14.4 Å². The van der Waals surface area contributed by atoms with Crippen LogP contribution in [0.5, 0.6) is 5.88 Å². The molecule has 1 aromatic carbocycles. The number of rotatable bonds is 3. The number of ether oxygens (including phenoxy) is 1. The number of guanidine groups is 1. The Morgan fingerprint density at radius 3 is 2.69 bits per heavy atom. The van der Waals surface area contributed by atoms with Crippen molar-refractivity contribution < 1.29 is 18.3 Å². The number of halogens is 2. The second-order valence-corrected chi connectivity index (χ2v) is 7.14. The molecule has 152 valence electrons. The fourth-order valence-electron chi connectivity index (χ4n) is 3.95. The molecule has 0 saturated carbocycles. The van der Waals surface area contributed by atoms with Crippen LogP contribution in [-0.4, -0.2) is 54.0 Å². The molecule has 0 spiro atoms. The smallest absolute Gasteiger partial charge is 0.255 e. The number of fused-ring (bicyclic) bond motifs is 1. The van der Waals surface area contributed by atoms with Gasteiger partial charge >= 0.3 is 0 Å². The molecule has 4 rings (SSSR count). The first-order chi connectivity index (χ1) is 13.8. The molecule has 2 aromatic rings. The summed E-state index contributed by atoms with van der Waals surface area (Å²) in [6, 6.07) is 6.17. The first-order valence-electron chi connectivity index (χ1n) is 8.99. The number of carbonyl (C=O) groups excluding carboxylic acids is 1. The van der Waals surface area contributed by atoms with Crippen LogP contribution in [0.1, 0.15) is 11.3 Å². The Kier molecular flexibility index (Phi) is 4.36. The van der Waals surface area contributed by atoms with Gasteiger partial charge in [-0.1, -0.05) is 18.2 Å². The lowest BCUT2D eigenvalue weighted by Crippen LogP contribution is -2.54. The van der Waals surface area contributed by atoms with Gasteiger partial charge in [0, 0.05) is 19.2 Å². The monoisotopic (exact) mass is 402 g/mol. The van der Waals surface area contributed by atoms with E-state index in [1.54, 1.807) is 23.1 Å². The number of aliphatic imine (C=N–C) groups is 1. The van der Waals surface area contributed by atoms with E-state index in [2.05, 4.69) is 15.0 Å². The molecule has 10 heteroatoms. The van der Waals surface area contributed by atoms with Crippen molar-refractivity contribution in [2.45, 2.75) is 12.5 Å². The normalized spacial score (nSPS) is 23.8. The third kappa shape index (κ3) is 2.78. The van der Waals surface area contributed by atoms with E-state index < -0.39 is 23.1 Å². The molecule has 1 saturated heterocycles. The fraction of sp³-hybridized carbons (Fsp3) is 0.368. The molecule has 0 aliphatic carbocycles. The quantitative estimate of drug-likeness (QED) is 0.829. The van der Waals surface area contributed by atoms with Gasteiger partial charge in [0.1, 0.15) is 11.4 Å². The van der Waals surface area contributed by atoms with Crippen LogP contribution in [-0.2, 0) is 10.3 Å². The highest BCUT2D eigenvalue weighted by Crippen LogP contribution is 2.45. The maximum Gasteiger partial charge on any atom is 0.255 e. The lowest BCUT2D eigenvalue weighted by molar-refractivity contribution is -0.132. The van der Waals surface area contributed by atoms with Gasteiger partial charge in [-0.15, -0.1) is 0 Å². The maximum atomic E-state index is 14.8. The zero-order valence-corrected chi connectivity index (χ0v) is 16.2. The number of hydrogen-bond donors (Lipinski definition) is 1. The minimum absolute atomic E-state index is 0.00476. The molecule has 2 aliphatic heterocycles. The highest BCUT2D eigenvalue weighted by molar-refractivity contribution is 6.01. The molecule has 1 amide bonds. The summed E-state index contributed by atoms with van der Waals surface area (Å²) in [5, 5.41) is 0. The number of benzene rings is 1. The van der Waals surface area contributed by atoms with E-state index in [1.165, 1.54) is 32.0 Å². The maximum absolute atomic E-state index is 14.8. The van der Waals surface area contributed by atoms with Crippen LogP contribution in [0.3, 0.4) is 0 Å². The Labute approximate surface area is 166 Å². The van der Waals surface area contributed by atoms with Crippen molar-refractivity contribution in [3.8, 4) is 5.88 Å². The van der Waals surface area contributed by atoms with Crippen LogP contribution >= 0.6 is 0 Å². The molecule has 1 fully saturated rings. The second kappa shape index (κ2) is 6.64. The van der Waals surface area contributed by atoms with Crippen molar-refractivity contribution in [3.63, 3.8) is 0 Å². The number of aryl methyl sites for hydroxylation is 1. The van der Waals surface area contributed by atoms with Crippen molar-refractivity contribution in [3.05, 3.63) is 47.2 Å². The van der Waals surface area contributed by atoms with Gasteiger partial charge in [-0.3, -0.25) is 9.69 Å². The Hall–Kier alpha value is -3.30. The Morgan fingerprint density at radius 2 is 2.00 bits per heavy atom. The van der Waals surface area contributed by atoms with E-state index in [-0.39, 0.29) is 48.0 Å². The first kappa shape index (κ1) is 19.0. The molecular formula is C19H20F2N6O2. The van der Waals surface area contributed by atoms with Crippen LogP contribution in [0.25, 0.3) is 0 Å². The lowest BCUT2D eigenvalue weighted by Gasteiger charge is -2.37. The van der Waals surface area contributed by atoms with Crippen molar-refractivity contribution in [1.29, 1.82) is 0 Å². The van der Waals surface area contributed by atoms with Crippen LogP contribution < -0.4 is 15.4 Å². The topological polar surface area (TPSA) is 96.9 Å². The van der Waals surface area contributed by atoms with E-state index in [4.69, 9.17) is 10.5 Å². The molecule has 2 atom stereocenters. The molecule has 3 heterocycles. The summed E-state index contributed by atoms with van der Waals surface area (Å²) in [7, 11) is 2.83. The summed E-state index contributed by atoms with van der Waals surface area (Å²) >= 11 is 0.